The molecule has 0 saturated carbocycles. The van der Waals surface area contributed by atoms with Crippen LogP contribution in [0.5, 0.6) is 5.75 Å². The van der Waals surface area contributed by atoms with Crippen molar-refractivity contribution in [3.8, 4) is 5.75 Å². The predicted octanol–water partition coefficient (Wildman–Crippen LogP) is 0.477. The number of pyridine rings is 1. The van der Waals surface area contributed by atoms with Crippen LogP contribution in [0.2, 0.25) is 0 Å². The van der Waals surface area contributed by atoms with Crippen molar-refractivity contribution >= 4 is 5.82 Å². The molecule has 1 atom stereocenters. The molecule has 0 radical (unpaired) electrons. The van der Waals surface area contributed by atoms with Gasteiger partial charge >= 0.3 is 0 Å². The normalized spacial score (nSPS) is 12.4. The molecular formula is C10H12N4O2. The van der Waals surface area contributed by atoms with Crippen LogP contribution in [0.25, 0.3) is 0 Å². The third-order valence-electron chi connectivity index (χ3n) is 2.27. The summed E-state index contributed by atoms with van der Waals surface area (Å²) >= 11 is 0. The van der Waals surface area contributed by atoms with Crippen LogP contribution < -0.4 is 10.5 Å². The van der Waals surface area contributed by atoms with Gasteiger partial charge in [0.1, 0.15) is 23.4 Å². The zero-order valence-electron chi connectivity index (χ0n) is 8.71. The number of hydrogen-bond acceptors (Lipinski definition) is 5. The summed E-state index contributed by atoms with van der Waals surface area (Å²) in [7, 11) is 1.52. The Bertz CT molecular complexity index is 483. The lowest BCUT2D eigenvalue weighted by Crippen LogP contribution is -2.06. The molecule has 0 aliphatic rings. The van der Waals surface area contributed by atoms with Gasteiger partial charge in [-0.1, -0.05) is 0 Å². The van der Waals surface area contributed by atoms with Crippen LogP contribution in [0.3, 0.4) is 0 Å². The van der Waals surface area contributed by atoms with E-state index in [9.17, 15) is 5.11 Å². The van der Waals surface area contributed by atoms with E-state index in [0.717, 1.165) is 0 Å². The van der Waals surface area contributed by atoms with Crippen LogP contribution in [0, 0.1) is 0 Å². The van der Waals surface area contributed by atoms with Crippen molar-refractivity contribution in [2.45, 2.75) is 6.10 Å². The molecule has 0 bridgehead atoms. The first-order valence-corrected chi connectivity index (χ1v) is 4.69. The van der Waals surface area contributed by atoms with Gasteiger partial charge in [-0.25, -0.2) is 0 Å². The van der Waals surface area contributed by atoms with Crippen molar-refractivity contribution < 1.29 is 9.84 Å². The average molecular weight is 220 g/mol. The maximum atomic E-state index is 10.1. The van der Waals surface area contributed by atoms with Gasteiger partial charge in [-0.15, -0.1) is 0 Å². The Labute approximate surface area is 92.1 Å². The van der Waals surface area contributed by atoms with Gasteiger partial charge < -0.3 is 15.6 Å². The second-order valence-corrected chi connectivity index (χ2v) is 3.23. The van der Waals surface area contributed by atoms with E-state index in [1.165, 1.54) is 13.3 Å². The number of nitrogens with zero attached hydrogens (tertiary/aromatic N) is 2. The summed E-state index contributed by atoms with van der Waals surface area (Å²) in [6.07, 6.45) is 2.10. The van der Waals surface area contributed by atoms with Gasteiger partial charge in [0.2, 0.25) is 0 Å². The third-order valence-corrected chi connectivity index (χ3v) is 2.27. The fourth-order valence-electron chi connectivity index (χ4n) is 1.45. The summed E-state index contributed by atoms with van der Waals surface area (Å²) in [6, 6.07) is 3.45. The van der Waals surface area contributed by atoms with Crippen molar-refractivity contribution in [2.75, 3.05) is 12.8 Å². The second kappa shape index (κ2) is 4.19. The van der Waals surface area contributed by atoms with E-state index in [1.807, 2.05) is 0 Å². The predicted molar refractivity (Wildman–Crippen MR) is 57.9 cm³/mol. The first kappa shape index (κ1) is 10.4. The number of hydrogen-bond donors (Lipinski definition) is 3. The second-order valence-electron chi connectivity index (χ2n) is 3.23. The number of aliphatic hydroxyl groups is 1. The summed E-state index contributed by atoms with van der Waals surface area (Å²) in [5.74, 6) is 0.829. The highest BCUT2D eigenvalue weighted by atomic mass is 16.5. The van der Waals surface area contributed by atoms with Crippen LogP contribution in [0.1, 0.15) is 17.4 Å². The van der Waals surface area contributed by atoms with E-state index in [0.29, 0.717) is 22.8 Å². The van der Waals surface area contributed by atoms with Crippen LogP contribution in [0.4, 0.5) is 5.82 Å². The molecule has 4 N–H and O–H groups in total. The molecule has 2 aromatic rings. The monoisotopic (exact) mass is 220 g/mol. The number of ether oxygens (including phenoxy) is 1. The summed E-state index contributed by atoms with van der Waals surface area (Å²) in [5, 5.41) is 16.4. The van der Waals surface area contributed by atoms with Gasteiger partial charge in [0.25, 0.3) is 0 Å². The lowest BCUT2D eigenvalue weighted by atomic mass is 10.1. The molecule has 6 heteroatoms. The topological polar surface area (TPSA) is 97.0 Å². The molecule has 1 unspecified atom stereocenters. The number of aromatic amines is 1. The largest absolute Gasteiger partial charge is 0.495 e. The Morgan fingerprint density at radius 3 is 3.00 bits per heavy atom. The Morgan fingerprint density at radius 1 is 1.56 bits per heavy atom. The van der Waals surface area contributed by atoms with Crippen LogP contribution in [-0.4, -0.2) is 27.4 Å². The molecule has 16 heavy (non-hydrogen) atoms. The van der Waals surface area contributed by atoms with Gasteiger partial charge in [-0.3, -0.25) is 10.1 Å². The number of methoxy groups -OCH3 is 1. The molecule has 0 aliphatic carbocycles. The van der Waals surface area contributed by atoms with E-state index in [1.54, 1.807) is 18.3 Å². The molecule has 0 aromatic carbocycles. The maximum Gasteiger partial charge on any atom is 0.143 e. The molecule has 0 saturated heterocycles. The minimum absolute atomic E-state index is 0.320. The highest BCUT2D eigenvalue weighted by Crippen LogP contribution is 2.29. The van der Waals surface area contributed by atoms with Crippen molar-refractivity contribution in [1.82, 2.24) is 15.2 Å². The quantitative estimate of drug-likeness (QED) is 0.698. The SMILES string of the molecule is COc1cccnc1C(O)c1cn[nH]c1N. The fourth-order valence-corrected chi connectivity index (χ4v) is 1.45. The number of anilines is 1. The number of aliphatic hydroxyl groups excluding tert-OH is 1. The van der Waals surface area contributed by atoms with E-state index >= 15 is 0 Å². The van der Waals surface area contributed by atoms with Crippen molar-refractivity contribution in [3.63, 3.8) is 0 Å². The first-order chi connectivity index (χ1) is 7.74. The number of rotatable bonds is 3. The number of nitrogens with one attached hydrogen (secondary N) is 1. The van der Waals surface area contributed by atoms with Gasteiger partial charge in [0, 0.05) is 11.8 Å². The third kappa shape index (κ3) is 1.70. The zero-order valence-corrected chi connectivity index (χ0v) is 8.71. The van der Waals surface area contributed by atoms with E-state index in [-0.39, 0.29) is 0 Å². The highest BCUT2D eigenvalue weighted by molar-refractivity contribution is 5.44. The fraction of sp³-hybridized carbons (Fsp3) is 0.200. The molecular weight excluding hydrogens is 208 g/mol. The number of H-pyrrole nitrogens is 1. The molecule has 6 nitrogen and oxygen atoms in total. The van der Waals surface area contributed by atoms with E-state index < -0.39 is 6.10 Å². The Balaban J connectivity index is 2.41. The lowest BCUT2D eigenvalue weighted by Gasteiger charge is -2.12. The lowest BCUT2D eigenvalue weighted by molar-refractivity contribution is 0.210. The minimum atomic E-state index is -0.949. The molecule has 2 aromatic heterocycles. The molecule has 84 valence electrons. The maximum absolute atomic E-state index is 10.1. The smallest absolute Gasteiger partial charge is 0.143 e. The Morgan fingerprint density at radius 2 is 2.38 bits per heavy atom. The minimum Gasteiger partial charge on any atom is -0.495 e. The summed E-state index contributed by atoms with van der Waals surface area (Å²) in [4.78, 5) is 4.07. The highest BCUT2D eigenvalue weighted by Gasteiger charge is 2.20. The molecule has 2 heterocycles. The summed E-state index contributed by atoms with van der Waals surface area (Å²) in [5.41, 5.74) is 6.52. The summed E-state index contributed by atoms with van der Waals surface area (Å²) in [6.45, 7) is 0. The van der Waals surface area contributed by atoms with Crippen LogP contribution >= 0.6 is 0 Å². The molecule has 0 fully saturated rings. The van der Waals surface area contributed by atoms with Gasteiger partial charge in [-0.05, 0) is 12.1 Å². The molecule has 0 amide bonds. The van der Waals surface area contributed by atoms with Crippen LogP contribution in [0.15, 0.2) is 24.5 Å². The molecule has 0 spiro atoms. The van der Waals surface area contributed by atoms with Crippen molar-refractivity contribution in [1.29, 1.82) is 0 Å². The van der Waals surface area contributed by atoms with Gasteiger partial charge in [0.05, 0.1) is 13.3 Å². The molecule has 2 rings (SSSR count). The number of aromatic nitrogens is 3. The Kier molecular flexibility index (Phi) is 2.74. The summed E-state index contributed by atoms with van der Waals surface area (Å²) < 4.78 is 5.11. The van der Waals surface area contributed by atoms with E-state index in [4.69, 9.17) is 10.5 Å². The zero-order chi connectivity index (χ0) is 11.5. The standard InChI is InChI=1S/C10H12N4O2/c1-16-7-3-2-4-12-8(7)9(15)6-5-13-14-10(6)11/h2-5,9,15H,1H3,(H3,11,13,14). The van der Waals surface area contributed by atoms with Crippen LogP contribution in [-0.2, 0) is 0 Å². The van der Waals surface area contributed by atoms with E-state index in [2.05, 4.69) is 15.2 Å². The van der Waals surface area contributed by atoms with Gasteiger partial charge in [-0.2, -0.15) is 5.10 Å². The van der Waals surface area contributed by atoms with Crippen molar-refractivity contribution in [3.05, 3.63) is 35.8 Å². The number of nitrogens with two attached hydrogens (primary N) is 1. The van der Waals surface area contributed by atoms with Gasteiger partial charge in [0.15, 0.2) is 0 Å². The van der Waals surface area contributed by atoms with Crippen molar-refractivity contribution in [2.24, 2.45) is 0 Å². The Hall–Kier alpha value is -2.08. The first-order valence-electron chi connectivity index (χ1n) is 4.69. The number of nitrogen functional groups attached to an aromatic ring is 1. The average Bonchev–Trinajstić information content (AvgIpc) is 2.74. The molecule has 0 aliphatic heterocycles.